The first-order valence-electron chi connectivity index (χ1n) is 5.24. The van der Waals surface area contributed by atoms with Crippen LogP contribution >= 0.6 is 12.6 Å². The minimum atomic E-state index is 0.744. The highest BCUT2D eigenvalue weighted by molar-refractivity contribution is 7.80. The number of hydrogen-bond donors (Lipinski definition) is 1. The molecule has 2 rings (SSSR count). The molecule has 1 saturated heterocycles. The van der Waals surface area contributed by atoms with E-state index in [-0.39, 0.29) is 0 Å². The van der Waals surface area contributed by atoms with Crippen LogP contribution in [0.1, 0.15) is 18.4 Å². The van der Waals surface area contributed by atoms with Gasteiger partial charge in [-0.05, 0) is 12.8 Å². The number of anilines is 1. The Balaban J connectivity index is 2.06. The predicted octanol–water partition coefficient (Wildman–Crippen LogP) is 2.02. The van der Waals surface area contributed by atoms with Gasteiger partial charge in [-0.25, -0.2) is 9.97 Å². The zero-order valence-electron chi connectivity index (χ0n) is 8.63. The van der Waals surface area contributed by atoms with Crippen LogP contribution in [0.4, 0.5) is 5.95 Å². The molecule has 1 aliphatic rings. The van der Waals surface area contributed by atoms with Crippen molar-refractivity contribution in [1.82, 2.24) is 9.97 Å². The summed E-state index contributed by atoms with van der Waals surface area (Å²) in [6, 6.07) is 0. The lowest BCUT2D eigenvalue weighted by Gasteiger charge is -2.14. The van der Waals surface area contributed by atoms with Crippen LogP contribution < -0.4 is 4.90 Å². The molecule has 0 aromatic carbocycles. The lowest BCUT2D eigenvalue weighted by Crippen LogP contribution is -2.20. The van der Waals surface area contributed by atoms with Crippen LogP contribution in [0.15, 0.2) is 18.5 Å². The summed E-state index contributed by atoms with van der Waals surface area (Å²) in [4.78, 5) is 10.9. The van der Waals surface area contributed by atoms with Gasteiger partial charge >= 0.3 is 0 Å². The summed E-state index contributed by atoms with van der Waals surface area (Å²) < 4.78 is 0. The van der Waals surface area contributed by atoms with E-state index in [1.54, 1.807) is 0 Å². The fourth-order valence-electron chi connectivity index (χ4n) is 1.69. The van der Waals surface area contributed by atoms with Crippen molar-refractivity contribution < 1.29 is 0 Å². The molecular formula is C11H15N3S. The minimum Gasteiger partial charge on any atom is -0.341 e. The van der Waals surface area contributed by atoms with Crippen LogP contribution in [0.5, 0.6) is 0 Å². The highest BCUT2D eigenvalue weighted by Crippen LogP contribution is 2.14. The van der Waals surface area contributed by atoms with E-state index in [4.69, 9.17) is 0 Å². The van der Waals surface area contributed by atoms with Crippen LogP contribution in [0.2, 0.25) is 0 Å². The first kappa shape index (κ1) is 10.5. The lowest BCUT2D eigenvalue weighted by molar-refractivity contribution is 0.897. The zero-order valence-corrected chi connectivity index (χ0v) is 9.53. The van der Waals surface area contributed by atoms with Gasteiger partial charge in [0.15, 0.2) is 0 Å². The molecule has 80 valence electrons. The maximum Gasteiger partial charge on any atom is 0.225 e. The van der Waals surface area contributed by atoms with Crippen molar-refractivity contribution in [1.29, 1.82) is 0 Å². The van der Waals surface area contributed by atoms with E-state index in [0.717, 1.165) is 30.4 Å². The molecule has 0 N–H and O–H groups in total. The van der Waals surface area contributed by atoms with Crippen LogP contribution in [0.3, 0.4) is 0 Å². The van der Waals surface area contributed by atoms with E-state index in [9.17, 15) is 0 Å². The molecule has 0 radical (unpaired) electrons. The quantitative estimate of drug-likeness (QED) is 0.792. The van der Waals surface area contributed by atoms with Gasteiger partial charge in [-0.1, -0.05) is 12.2 Å². The summed E-state index contributed by atoms with van der Waals surface area (Å²) in [6.07, 6.45) is 10.2. The first-order chi connectivity index (χ1) is 7.40. The Kier molecular flexibility index (Phi) is 3.61. The standard InChI is InChI=1S/C11H15N3S/c15-7-3-4-10-8-12-11(13-9-10)14-5-1-2-6-14/h3-4,8-9,15H,1-2,5-7H2. The third-order valence-electron chi connectivity index (χ3n) is 2.46. The number of aromatic nitrogens is 2. The van der Waals surface area contributed by atoms with Gasteiger partial charge in [-0.15, -0.1) is 0 Å². The molecular weight excluding hydrogens is 206 g/mol. The predicted molar refractivity (Wildman–Crippen MR) is 66.4 cm³/mol. The van der Waals surface area contributed by atoms with E-state index < -0.39 is 0 Å². The average Bonchev–Trinajstić information content (AvgIpc) is 2.80. The smallest absolute Gasteiger partial charge is 0.225 e. The van der Waals surface area contributed by atoms with Crippen LogP contribution in [0.25, 0.3) is 6.08 Å². The molecule has 1 aromatic heterocycles. The van der Waals surface area contributed by atoms with Crippen molar-refractivity contribution in [3.63, 3.8) is 0 Å². The zero-order chi connectivity index (χ0) is 10.5. The second-order valence-electron chi connectivity index (χ2n) is 3.60. The molecule has 1 fully saturated rings. The average molecular weight is 221 g/mol. The largest absolute Gasteiger partial charge is 0.341 e. The molecule has 4 heteroatoms. The second-order valence-corrected chi connectivity index (χ2v) is 3.96. The molecule has 0 amide bonds. The van der Waals surface area contributed by atoms with Crippen molar-refractivity contribution >= 4 is 24.7 Å². The van der Waals surface area contributed by atoms with Crippen molar-refractivity contribution in [2.24, 2.45) is 0 Å². The van der Waals surface area contributed by atoms with E-state index in [1.165, 1.54) is 12.8 Å². The molecule has 0 aliphatic carbocycles. The summed E-state index contributed by atoms with van der Waals surface area (Å²) in [6.45, 7) is 2.18. The van der Waals surface area contributed by atoms with Gasteiger partial charge < -0.3 is 4.90 Å². The first-order valence-corrected chi connectivity index (χ1v) is 5.88. The summed E-state index contributed by atoms with van der Waals surface area (Å²) in [7, 11) is 0. The molecule has 0 unspecified atom stereocenters. The fraction of sp³-hybridized carbons (Fsp3) is 0.455. The van der Waals surface area contributed by atoms with E-state index in [0.29, 0.717) is 0 Å². The van der Waals surface area contributed by atoms with Crippen LogP contribution in [-0.2, 0) is 0 Å². The van der Waals surface area contributed by atoms with Crippen molar-refractivity contribution in [2.75, 3.05) is 23.7 Å². The van der Waals surface area contributed by atoms with Crippen LogP contribution in [0, 0.1) is 0 Å². The van der Waals surface area contributed by atoms with Gasteiger partial charge in [0.2, 0.25) is 5.95 Å². The Morgan fingerprint density at radius 1 is 1.27 bits per heavy atom. The molecule has 1 aliphatic heterocycles. The van der Waals surface area contributed by atoms with Crippen LogP contribution in [-0.4, -0.2) is 28.8 Å². The summed E-state index contributed by atoms with van der Waals surface area (Å²) >= 11 is 4.11. The molecule has 0 bridgehead atoms. The molecule has 0 saturated carbocycles. The van der Waals surface area contributed by atoms with E-state index in [1.807, 2.05) is 24.5 Å². The van der Waals surface area contributed by atoms with Gasteiger partial charge in [-0.3, -0.25) is 0 Å². The highest BCUT2D eigenvalue weighted by atomic mass is 32.1. The topological polar surface area (TPSA) is 29.0 Å². The van der Waals surface area contributed by atoms with Gasteiger partial charge in [0, 0.05) is 36.8 Å². The molecule has 15 heavy (non-hydrogen) atoms. The van der Waals surface area contributed by atoms with Crippen molar-refractivity contribution in [2.45, 2.75) is 12.8 Å². The Labute approximate surface area is 95.6 Å². The van der Waals surface area contributed by atoms with E-state index in [2.05, 4.69) is 27.5 Å². The SMILES string of the molecule is SCC=Cc1cnc(N2CCCC2)nc1. The highest BCUT2D eigenvalue weighted by Gasteiger charge is 2.13. The number of nitrogens with zero attached hydrogens (tertiary/aromatic N) is 3. The fourth-order valence-corrected chi connectivity index (χ4v) is 1.79. The van der Waals surface area contributed by atoms with Gasteiger partial charge in [-0.2, -0.15) is 12.6 Å². The van der Waals surface area contributed by atoms with Crippen molar-refractivity contribution in [3.05, 3.63) is 24.0 Å². The second kappa shape index (κ2) is 5.16. The molecule has 2 heterocycles. The third-order valence-corrected chi connectivity index (χ3v) is 2.67. The maximum atomic E-state index is 4.35. The Morgan fingerprint density at radius 2 is 1.93 bits per heavy atom. The number of thiol groups is 1. The minimum absolute atomic E-state index is 0.744. The molecule has 3 nitrogen and oxygen atoms in total. The summed E-state index contributed by atoms with van der Waals surface area (Å²) in [5.74, 6) is 1.60. The Morgan fingerprint density at radius 3 is 2.53 bits per heavy atom. The summed E-state index contributed by atoms with van der Waals surface area (Å²) in [5.41, 5.74) is 1.03. The van der Waals surface area contributed by atoms with Gasteiger partial charge in [0.1, 0.15) is 0 Å². The van der Waals surface area contributed by atoms with Crippen molar-refractivity contribution in [3.8, 4) is 0 Å². The monoisotopic (exact) mass is 221 g/mol. The van der Waals surface area contributed by atoms with E-state index >= 15 is 0 Å². The van der Waals surface area contributed by atoms with Gasteiger partial charge in [0.25, 0.3) is 0 Å². The lowest BCUT2D eigenvalue weighted by atomic mass is 10.3. The molecule has 1 aromatic rings. The Hall–Kier alpha value is -1.03. The molecule has 0 atom stereocenters. The number of rotatable bonds is 3. The van der Waals surface area contributed by atoms with Gasteiger partial charge in [0.05, 0.1) is 0 Å². The number of hydrogen-bond acceptors (Lipinski definition) is 4. The maximum absolute atomic E-state index is 4.35. The molecule has 0 spiro atoms. The normalized spacial score (nSPS) is 16.5. The Bertz CT molecular complexity index is 328. The third kappa shape index (κ3) is 2.72. The summed E-state index contributed by atoms with van der Waals surface area (Å²) in [5, 5.41) is 0.